The van der Waals surface area contributed by atoms with Crippen LogP contribution in [0.4, 0.5) is 0 Å². The van der Waals surface area contributed by atoms with Crippen molar-refractivity contribution in [1.82, 2.24) is 4.98 Å². The van der Waals surface area contributed by atoms with E-state index in [1.165, 1.54) is 0 Å². The summed E-state index contributed by atoms with van der Waals surface area (Å²) < 4.78 is 20.4. The number of thiazole rings is 1. The number of fused-ring (bicyclic) bond motifs is 1. The van der Waals surface area contributed by atoms with E-state index >= 15 is 0 Å². The zero-order chi connectivity index (χ0) is 39.3. The summed E-state index contributed by atoms with van der Waals surface area (Å²) in [6, 6.07) is 0. The second kappa shape index (κ2) is 15.6. The molecule has 6 nitrogen and oxygen atoms in total. The summed E-state index contributed by atoms with van der Waals surface area (Å²) in [6.07, 6.45) is 6.55. The molecule has 0 bridgehead atoms. The molecule has 1 aromatic rings. The molecular formula is C40H67Br2NO5SSi2. The molecule has 2 heterocycles. The van der Waals surface area contributed by atoms with Crippen molar-refractivity contribution in [2.75, 3.05) is 0 Å². The number of nitrogens with zero attached hydrogens (tertiary/aromatic N) is 1. The number of carbonyl (C=O) groups excluding carboxylic acids is 2. The third kappa shape index (κ3) is 9.87. The first-order chi connectivity index (χ1) is 22.9. The number of Topliss-reactive ketones (excluding diaryl/α,β-unsaturated/α-hetero) is 1. The average molecular weight is 890 g/mol. The molecule has 3 rings (SSSR count). The van der Waals surface area contributed by atoms with E-state index in [0.717, 1.165) is 22.7 Å². The molecule has 0 spiro atoms. The highest BCUT2D eigenvalue weighted by molar-refractivity contribution is 9.25. The molecule has 0 unspecified atom stereocenters. The molecule has 7 atom stereocenters. The van der Waals surface area contributed by atoms with Crippen molar-refractivity contribution < 1.29 is 23.2 Å². The molecule has 0 saturated heterocycles. The fraction of sp³-hybridized carbons (Fsp3) is 0.775. The van der Waals surface area contributed by atoms with Gasteiger partial charge in [0.05, 0.1) is 32.6 Å². The Labute approximate surface area is 333 Å². The molecule has 0 radical (unpaired) electrons. The van der Waals surface area contributed by atoms with Gasteiger partial charge in [-0.1, -0.05) is 120 Å². The van der Waals surface area contributed by atoms with Gasteiger partial charge in [0.15, 0.2) is 16.6 Å². The Balaban J connectivity index is 2.18. The highest BCUT2D eigenvalue weighted by Crippen LogP contribution is 2.73. The Morgan fingerprint density at radius 2 is 1.55 bits per heavy atom. The molecule has 1 aromatic heterocycles. The minimum Gasteiger partial charge on any atom is -0.458 e. The molecule has 1 fully saturated rings. The van der Waals surface area contributed by atoms with Crippen molar-refractivity contribution in [3.63, 3.8) is 0 Å². The number of alkyl halides is 2. The zero-order valence-corrected chi connectivity index (χ0v) is 40.5. The van der Waals surface area contributed by atoms with Crippen LogP contribution in [0.5, 0.6) is 0 Å². The van der Waals surface area contributed by atoms with Crippen molar-refractivity contribution in [2.45, 2.75) is 167 Å². The number of carbonyl (C=O) groups is 2. The molecule has 11 heteroatoms. The van der Waals surface area contributed by atoms with Crippen LogP contribution in [0, 0.1) is 35.5 Å². The van der Waals surface area contributed by atoms with E-state index in [0.29, 0.717) is 6.42 Å². The lowest BCUT2D eigenvalue weighted by molar-refractivity contribution is -0.154. The first-order valence-electron chi connectivity index (χ1n) is 18.6. The lowest BCUT2D eigenvalue weighted by Gasteiger charge is -2.46. The first kappa shape index (κ1) is 45.0. The van der Waals surface area contributed by atoms with E-state index in [4.69, 9.17) is 13.6 Å². The monoisotopic (exact) mass is 887 g/mol. The Hall–Kier alpha value is -0.436. The molecule has 0 amide bonds. The standard InChI is InChI=1S/C40H67Br2NO5SSi2/c1-25-19-18-20-39(13)31(40(39,41)42)22-30(26(2)21-29-24-49-28(4)43-29)46-33(44)23-32(47-50(14,15)36(5,6)7)38(11,12)35(45)27(3)34(25)48-51(16,17)37(8,9)10/h18,20-21,24-25,27,30-32,34H,19,22-23H2,1-17H3/b20-18+,26-21+/t25-,27+,30-,31-,32-,34-,39+/m0/s1. The number of esters is 1. The van der Waals surface area contributed by atoms with Gasteiger partial charge < -0.3 is 13.6 Å². The van der Waals surface area contributed by atoms with Crippen LogP contribution in [0.1, 0.15) is 113 Å². The number of halogens is 2. The normalized spacial score (nSPS) is 32.3. The minimum absolute atomic E-state index is 0.0174. The van der Waals surface area contributed by atoms with Gasteiger partial charge in [-0.25, -0.2) is 4.98 Å². The Morgan fingerprint density at radius 3 is 2.06 bits per heavy atom. The summed E-state index contributed by atoms with van der Waals surface area (Å²) in [5, 5.41) is 2.88. The third-order valence-corrected chi connectivity index (χ3v) is 25.3. The van der Waals surface area contributed by atoms with E-state index in [-0.39, 0.29) is 54.8 Å². The lowest BCUT2D eigenvalue weighted by Crippen LogP contribution is -2.54. The van der Waals surface area contributed by atoms with Gasteiger partial charge in [0, 0.05) is 22.1 Å². The Kier molecular flexibility index (Phi) is 13.8. The summed E-state index contributed by atoms with van der Waals surface area (Å²) in [5.74, 6) is -0.475. The predicted molar refractivity (Wildman–Crippen MR) is 227 cm³/mol. The summed E-state index contributed by atoms with van der Waals surface area (Å²) in [7, 11) is -4.68. The van der Waals surface area contributed by atoms with Gasteiger partial charge in [-0.2, -0.15) is 0 Å². The highest BCUT2D eigenvalue weighted by atomic mass is 79.9. The van der Waals surface area contributed by atoms with E-state index in [1.54, 1.807) is 11.3 Å². The maximum absolute atomic E-state index is 14.9. The predicted octanol–water partition coefficient (Wildman–Crippen LogP) is 12.3. The molecule has 0 N–H and O–H groups in total. The number of aromatic nitrogens is 1. The number of allylic oxidation sites excluding steroid dienone is 2. The fourth-order valence-electron chi connectivity index (χ4n) is 6.69. The van der Waals surface area contributed by atoms with E-state index in [2.05, 4.69) is 131 Å². The van der Waals surface area contributed by atoms with Gasteiger partial charge in [-0.3, -0.25) is 9.59 Å². The molecule has 290 valence electrons. The Bertz CT molecular complexity index is 1490. The van der Waals surface area contributed by atoms with E-state index in [9.17, 15) is 9.59 Å². The summed E-state index contributed by atoms with van der Waals surface area (Å²) >= 11 is 9.62. The van der Waals surface area contributed by atoms with Crippen LogP contribution in [-0.2, 0) is 23.2 Å². The average Bonchev–Trinajstić information content (AvgIpc) is 3.19. The van der Waals surface area contributed by atoms with Crippen LogP contribution in [0.3, 0.4) is 0 Å². The zero-order valence-electron chi connectivity index (χ0n) is 34.5. The van der Waals surface area contributed by atoms with Crippen LogP contribution in [0.2, 0.25) is 36.3 Å². The van der Waals surface area contributed by atoms with Crippen LogP contribution in [0.25, 0.3) is 6.08 Å². The Morgan fingerprint density at radius 1 is 1.00 bits per heavy atom. The van der Waals surface area contributed by atoms with Crippen LogP contribution in [0.15, 0.2) is 23.1 Å². The fourth-order valence-corrected chi connectivity index (χ4v) is 12.1. The number of cyclic esters (lactones) is 1. The number of ketones is 1. The van der Waals surface area contributed by atoms with Crippen LogP contribution >= 0.6 is 43.2 Å². The molecule has 1 saturated carbocycles. The van der Waals surface area contributed by atoms with E-state index in [1.807, 2.05) is 46.1 Å². The molecule has 0 aromatic carbocycles. The molecule has 2 aliphatic rings. The molecular weight excluding hydrogens is 822 g/mol. The van der Waals surface area contributed by atoms with Crippen molar-refractivity contribution >= 4 is 77.7 Å². The number of hydrogen-bond donors (Lipinski definition) is 0. The van der Waals surface area contributed by atoms with Crippen LogP contribution in [-0.4, -0.2) is 54.9 Å². The quantitative estimate of drug-likeness (QED) is 0.123. The van der Waals surface area contributed by atoms with Gasteiger partial charge in [0.2, 0.25) is 0 Å². The van der Waals surface area contributed by atoms with Crippen molar-refractivity contribution in [3.05, 3.63) is 33.8 Å². The van der Waals surface area contributed by atoms with Crippen molar-refractivity contribution in [3.8, 4) is 0 Å². The second-order valence-corrected chi connectivity index (χ2v) is 33.4. The number of aryl methyl sites for hydroxylation is 1. The van der Waals surface area contributed by atoms with Crippen LogP contribution < -0.4 is 0 Å². The smallest absolute Gasteiger partial charge is 0.309 e. The minimum atomic E-state index is -2.42. The lowest BCUT2D eigenvalue weighted by atomic mass is 9.73. The third-order valence-electron chi connectivity index (χ3n) is 12.8. The SMILES string of the molecule is C/C(=C\c1csc(C)n1)[C@@H]1C[C@@H]2C(Br)(Br)[C@]2(C)/C=C/C[C@H](C)[C@H](O[Si](C)(C)C(C)(C)C)[C@@H](C)C(=O)C(C)(C)[C@@H](O[Si](C)(C)C(C)(C)C)CC(=O)O1. The van der Waals surface area contributed by atoms with Gasteiger partial charge in [0.25, 0.3) is 0 Å². The largest absolute Gasteiger partial charge is 0.458 e. The maximum Gasteiger partial charge on any atom is 0.309 e. The van der Waals surface area contributed by atoms with Gasteiger partial charge in [0.1, 0.15) is 11.9 Å². The number of hydrogen-bond acceptors (Lipinski definition) is 7. The second-order valence-electron chi connectivity index (χ2n) is 19.3. The van der Waals surface area contributed by atoms with E-state index < -0.39 is 40.2 Å². The van der Waals surface area contributed by atoms with Gasteiger partial charge in [-0.05, 0) is 86.4 Å². The topological polar surface area (TPSA) is 74.7 Å². The number of rotatable bonds is 6. The van der Waals surface area contributed by atoms with Gasteiger partial charge in [-0.15, -0.1) is 11.3 Å². The highest BCUT2D eigenvalue weighted by Gasteiger charge is 2.70. The molecule has 1 aliphatic heterocycles. The molecule has 51 heavy (non-hydrogen) atoms. The first-order valence-corrected chi connectivity index (χ1v) is 26.9. The van der Waals surface area contributed by atoms with Gasteiger partial charge >= 0.3 is 5.97 Å². The number of ether oxygens (including phenoxy) is 1. The summed E-state index contributed by atoms with van der Waals surface area (Å²) in [5.41, 5.74) is 0.598. The summed E-state index contributed by atoms with van der Waals surface area (Å²) in [6.45, 7) is 36.6. The van der Waals surface area contributed by atoms with Crippen molar-refractivity contribution in [2.24, 2.45) is 28.6 Å². The molecule has 1 aliphatic carbocycles. The summed E-state index contributed by atoms with van der Waals surface area (Å²) in [4.78, 5) is 33.8. The maximum atomic E-state index is 14.9. The van der Waals surface area contributed by atoms with Crippen molar-refractivity contribution in [1.29, 1.82) is 0 Å².